The third-order valence-corrected chi connectivity index (χ3v) is 7.74. The van der Waals surface area contributed by atoms with Crippen LogP contribution < -0.4 is 0 Å². The van der Waals surface area contributed by atoms with E-state index >= 15 is 0 Å². The molecule has 2 unspecified atom stereocenters. The minimum Gasteiger partial charge on any atom is -0.331 e. The highest BCUT2D eigenvalue weighted by Crippen LogP contribution is 2.45. The van der Waals surface area contributed by atoms with E-state index in [0.29, 0.717) is 25.3 Å². The maximum atomic E-state index is 13.7. The molecule has 5 nitrogen and oxygen atoms in total. The number of amides is 2. The second-order valence-corrected chi connectivity index (χ2v) is 10.2. The van der Waals surface area contributed by atoms with Gasteiger partial charge >= 0.3 is 12.4 Å². The monoisotopic (exact) mass is 504 g/mol. The predicted octanol–water partition coefficient (Wildman–Crippen LogP) is 4.75. The number of fused-ring (bicyclic) bond motifs is 5. The normalized spacial score (nSPS) is 24.7. The first-order chi connectivity index (χ1) is 16.1. The van der Waals surface area contributed by atoms with Gasteiger partial charge in [0.2, 0.25) is 11.7 Å². The zero-order valence-electron chi connectivity index (χ0n) is 19.5. The van der Waals surface area contributed by atoms with Gasteiger partial charge in [-0.2, -0.15) is 26.3 Å². The molecule has 4 rings (SSSR count). The SMILES string of the molecule is CCC(C)(C)C(=O)C(=O)N1C2CCCC1[C@@H]1Cc3cc(C(F)(F)F)cc(C(F)(F)F)c3CN1C2=O. The number of carbonyl (C=O) groups is 3. The second-order valence-electron chi connectivity index (χ2n) is 10.2. The molecule has 0 saturated carbocycles. The summed E-state index contributed by atoms with van der Waals surface area (Å²) in [6.45, 7) is 4.50. The van der Waals surface area contributed by atoms with Crippen LogP contribution in [0.4, 0.5) is 26.3 Å². The highest BCUT2D eigenvalue weighted by Gasteiger charge is 2.54. The van der Waals surface area contributed by atoms with E-state index in [4.69, 9.17) is 0 Å². The van der Waals surface area contributed by atoms with E-state index in [1.807, 2.05) is 0 Å². The molecule has 3 aliphatic rings. The fraction of sp³-hybridized carbons (Fsp3) is 0.625. The van der Waals surface area contributed by atoms with Gasteiger partial charge in [0.1, 0.15) is 6.04 Å². The van der Waals surface area contributed by atoms with Crippen LogP contribution in [0.15, 0.2) is 12.1 Å². The number of Topliss-reactive ketones (excluding diaryl/α,β-unsaturated/α-hetero) is 1. The highest BCUT2D eigenvalue weighted by molar-refractivity contribution is 6.38. The van der Waals surface area contributed by atoms with Crippen LogP contribution >= 0.6 is 0 Å². The first-order valence-electron chi connectivity index (χ1n) is 11.6. The molecule has 2 saturated heterocycles. The fourth-order valence-electron chi connectivity index (χ4n) is 5.43. The molecular formula is C24H26F6N2O3. The van der Waals surface area contributed by atoms with Crippen LogP contribution in [0.2, 0.25) is 0 Å². The lowest BCUT2D eigenvalue weighted by atomic mass is 9.77. The van der Waals surface area contributed by atoms with Crippen molar-refractivity contribution in [1.82, 2.24) is 9.80 Å². The number of nitrogens with zero attached hydrogens (tertiary/aromatic N) is 2. The summed E-state index contributed by atoms with van der Waals surface area (Å²) in [6.07, 6.45) is -8.66. The van der Waals surface area contributed by atoms with Gasteiger partial charge in [-0.05, 0) is 55.4 Å². The third-order valence-electron chi connectivity index (χ3n) is 7.74. The summed E-state index contributed by atoms with van der Waals surface area (Å²) in [5, 5.41) is 0. The summed E-state index contributed by atoms with van der Waals surface area (Å²) in [7, 11) is 0. The van der Waals surface area contributed by atoms with Crippen molar-refractivity contribution in [3.8, 4) is 0 Å². The van der Waals surface area contributed by atoms with E-state index in [1.54, 1.807) is 20.8 Å². The van der Waals surface area contributed by atoms with Gasteiger partial charge in [-0.15, -0.1) is 0 Å². The van der Waals surface area contributed by atoms with E-state index in [0.717, 1.165) is 0 Å². The molecule has 2 fully saturated rings. The van der Waals surface area contributed by atoms with Crippen LogP contribution in [0.25, 0.3) is 0 Å². The Morgan fingerprint density at radius 3 is 2.23 bits per heavy atom. The van der Waals surface area contributed by atoms with Gasteiger partial charge in [-0.3, -0.25) is 14.4 Å². The second kappa shape index (κ2) is 8.23. The Kier molecular flexibility index (Phi) is 6.00. The minimum atomic E-state index is -5.03. The van der Waals surface area contributed by atoms with Crippen LogP contribution in [0.5, 0.6) is 0 Å². The van der Waals surface area contributed by atoms with Crippen molar-refractivity contribution in [3.63, 3.8) is 0 Å². The van der Waals surface area contributed by atoms with E-state index in [1.165, 1.54) is 9.80 Å². The molecule has 11 heteroatoms. The standard InChI is InChI=1S/C24H26F6N2O3/c1-4-22(2,3)19(33)21(35)32-16-6-5-7-17(32)20(34)31-11-14-12(9-18(16)31)8-13(23(25,26)27)10-15(14)24(28,29)30/h8,10,16-18H,4-7,9,11H2,1-3H3/t16?,17?,18-/m0/s1. The highest BCUT2D eigenvalue weighted by atomic mass is 19.4. The van der Waals surface area contributed by atoms with Crippen molar-refractivity contribution < 1.29 is 40.7 Å². The lowest BCUT2D eigenvalue weighted by molar-refractivity contribution is -0.171. The molecule has 192 valence electrons. The minimum absolute atomic E-state index is 0.0930. The Hall–Kier alpha value is -2.59. The molecule has 1 aromatic rings. The van der Waals surface area contributed by atoms with Gasteiger partial charge in [-0.1, -0.05) is 20.8 Å². The lowest BCUT2D eigenvalue weighted by Crippen LogP contribution is -2.71. The number of hydrogen-bond acceptors (Lipinski definition) is 3. The Labute approximate surface area is 198 Å². The van der Waals surface area contributed by atoms with Crippen LogP contribution in [0.1, 0.15) is 68.7 Å². The third kappa shape index (κ3) is 4.20. The zero-order valence-corrected chi connectivity index (χ0v) is 19.5. The molecule has 3 atom stereocenters. The molecule has 2 bridgehead atoms. The van der Waals surface area contributed by atoms with E-state index in [9.17, 15) is 40.7 Å². The fourth-order valence-corrected chi connectivity index (χ4v) is 5.43. The van der Waals surface area contributed by atoms with Crippen LogP contribution in [0.3, 0.4) is 0 Å². The molecule has 2 amide bonds. The molecule has 0 radical (unpaired) electrons. The summed E-state index contributed by atoms with van der Waals surface area (Å²) in [6, 6.07) is -1.64. The molecule has 1 aromatic carbocycles. The van der Waals surface area contributed by atoms with Gasteiger partial charge in [-0.25, -0.2) is 0 Å². The lowest BCUT2D eigenvalue weighted by Gasteiger charge is -2.55. The number of piperazine rings is 1. The maximum Gasteiger partial charge on any atom is 0.416 e. The Balaban J connectivity index is 1.78. The van der Waals surface area contributed by atoms with E-state index in [2.05, 4.69) is 0 Å². The topological polar surface area (TPSA) is 57.7 Å². The van der Waals surface area contributed by atoms with Crippen molar-refractivity contribution >= 4 is 17.6 Å². The number of carbonyl (C=O) groups excluding carboxylic acids is 3. The smallest absolute Gasteiger partial charge is 0.331 e. The number of piperidine rings is 1. The van der Waals surface area contributed by atoms with Crippen LogP contribution in [0, 0.1) is 5.41 Å². The molecule has 0 aliphatic carbocycles. The van der Waals surface area contributed by atoms with E-state index < -0.39 is 71.2 Å². The van der Waals surface area contributed by atoms with Crippen molar-refractivity contribution in [2.75, 3.05) is 0 Å². The Morgan fingerprint density at radius 2 is 1.66 bits per heavy atom. The first kappa shape index (κ1) is 25.5. The molecular weight excluding hydrogens is 478 g/mol. The van der Waals surface area contributed by atoms with Crippen molar-refractivity contribution in [2.24, 2.45) is 5.41 Å². The van der Waals surface area contributed by atoms with Gasteiger partial charge in [0.05, 0.1) is 23.2 Å². The van der Waals surface area contributed by atoms with Gasteiger partial charge in [0, 0.05) is 12.0 Å². The number of alkyl halides is 6. The number of rotatable bonds is 3. The average Bonchev–Trinajstić information content (AvgIpc) is 2.78. The molecule has 0 aromatic heterocycles. The Bertz CT molecular complexity index is 1080. The predicted molar refractivity (Wildman–Crippen MR) is 112 cm³/mol. The summed E-state index contributed by atoms with van der Waals surface area (Å²) in [5.74, 6) is -2.04. The van der Waals surface area contributed by atoms with Crippen LogP contribution in [-0.2, 0) is 39.7 Å². The summed E-state index contributed by atoms with van der Waals surface area (Å²) in [4.78, 5) is 42.1. The number of hydrogen-bond donors (Lipinski definition) is 0. The maximum absolute atomic E-state index is 13.7. The van der Waals surface area contributed by atoms with Gasteiger partial charge < -0.3 is 9.80 Å². The summed E-state index contributed by atoms with van der Waals surface area (Å²) in [5.41, 5.74) is -4.27. The Morgan fingerprint density at radius 1 is 1.00 bits per heavy atom. The molecule has 0 N–H and O–H groups in total. The molecule has 3 aliphatic heterocycles. The van der Waals surface area contributed by atoms with Gasteiger partial charge in [0.25, 0.3) is 5.91 Å². The molecule has 0 spiro atoms. The number of benzene rings is 1. The largest absolute Gasteiger partial charge is 0.416 e. The van der Waals surface area contributed by atoms with Crippen molar-refractivity contribution in [3.05, 3.63) is 34.4 Å². The number of halogens is 6. The van der Waals surface area contributed by atoms with Crippen molar-refractivity contribution in [1.29, 1.82) is 0 Å². The quantitative estimate of drug-likeness (QED) is 0.441. The first-order valence-corrected chi connectivity index (χ1v) is 11.6. The molecule has 35 heavy (non-hydrogen) atoms. The van der Waals surface area contributed by atoms with E-state index in [-0.39, 0.29) is 30.0 Å². The average molecular weight is 504 g/mol. The number of ketones is 1. The van der Waals surface area contributed by atoms with Gasteiger partial charge in [0.15, 0.2) is 0 Å². The summed E-state index contributed by atoms with van der Waals surface area (Å²) >= 11 is 0. The zero-order chi connectivity index (χ0) is 26.1. The summed E-state index contributed by atoms with van der Waals surface area (Å²) < 4.78 is 81.4. The van der Waals surface area contributed by atoms with Crippen LogP contribution in [-0.4, -0.2) is 45.5 Å². The van der Waals surface area contributed by atoms with Crippen molar-refractivity contribution in [2.45, 2.75) is 89.9 Å². The molecule has 3 heterocycles.